The number of hydrogen-bond acceptors (Lipinski definition) is 1. The van der Waals surface area contributed by atoms with Crippen LogP contribution < -0.4 is 0 Å². The van der Waals surface area contributed by atoms with Crippen molar-refractivity contribution in [1.29, 1.82) is 0 Å². The molecule has 0 fully saturated rings. The molecule has 0 amide bonds. The zero-order chi connectivity index (χ0) is 39.9. The summed E-state index contributed by atoms with van der Waals surface area (Å²) in [5.74, 6) is 0. The minimum Gasteiger partial charge on any atom is -0.427 e. The second kappa shape index (κ2) is 48.5. The first-order valence-electron chi connectivity index (χ1n) is 26.7. The largest absolute Gasteiger partial charge is 0.427 e. The van der Waals surface area contributed by atoms with Crippen LogP contribution in [0.1, 0.15) is 329 Å². The van der Waals surface area contributed by atoms with E-state index in [-0.39, 0.29) is 0 Å². The van der Waals surface area contributed by atoms with E-state index in [4.69, 9.17) is 4.43 Å². The Bertz CT molecular complexity index is 579. The Hall–Kier alpha value is 0.177. The topological polar surface area (TPSA) is 9.23 Å². The molecule has 0 N–H and O–H groups in total. The maximum Gasteiger partial charge on any atom is 0.145 e. The highest BCUT2D eigenvalue weighted by Gasteiger charge is 2.28. The molecule has 0 spiro atoms. The molecular weight excluding hydrogens is 681 g/mol. The molecule has 0 aliphatic heterocycles. The predicted molar refractivity (Wildman–Crippen MR) is 257 cm³/mol. The molecule has 0 aliphatic carbocycles. The Morgan fingerprint density at radius 1 is 0.236 bits per heavy atom. The molecule has 0 aromatic heterocycles. The zero-order valence-corrected chi connectivity index (χ0v) is 41.6. The lowest BCUT2D eigenvalue weighted by molar-refractivity contribution is 0.107. The lowest BCUT2D eigenvalue weighted by Crippen LogP contribution is -2.27. The van der Waals surface area contributed by atoms with E-state index < -0.39 is 0 Å². The maximum atomic E-state index is 6.17. The fourth-order valence-corrected chi connectivity index (χ4v) is 10.1. The van der Waals surface area contributed by atoms with Gasteiger partial charge in [-0.3, -0.25) is 0 Å². The number of unbranched alkanes of at least 4 members (excludes halogenated alkanes) is 42. The molecule has 0 rings (SSSR count). The summed E-state index contributed by atoms with van der Waals surface area (Å²) in [6.07, 6.45) is 70.1. The van der Waals surface area contributed by atoms with E-state index in [1.165, 1.54) is 308 Å². The van der Waals surface area contributed by atoms with Crippen molar-refractivity contribution in [1.82, 2.24) is 0 Å². The van der Waals surface area contributed by atoms with Gasteiger partial charge in [0.15, 0.2) is 0 Å². The standard InChI is InChI=1S/C53H110OSi/c1-4-7-10-13-16-19-22-25-28-31-34-37-40-43-46-49-53(52-54-55,50-47-44-41-38-35-32-29-26-23-20-17-14-11-8-5-2)51-48-45-42-39-36-33-30-27-24-21-18-15-12-9-6-3/h4-52H2,1-3,55H3. The molecule has 0 saturated carbocycles. The highest BCUT2D eigenvalue weighted by molar-refractivity contribution is 5.97. The highest BCUT2D eigenvalue weighted by Crippen LogP contribution is 2.38. The molecule has 0 aliphatic rings. The maximum absolute atomic E-state index is 6.17. The van der Waals surface area contributed by atoms with Gasteiger partial charge in [0.25, 0.3) is 0 Å². The average molecular weight is 792 g/mol. The molecule has 0 atom stereocenters. The van der Waals surface area contributed by atoms with Crippen molar-refractivity contribution >= 4 is 10.5 Å². The Balaban J connectivity index is 4.31. The zero-order valence-electron chi connectivity index (χ0n) is 39.6. The summed E-state index contributed by atoms with van der Waals surface area (Å²) in [6, 6.07) is 0. The number of hydrogen-bond donors (Lipinski definition) is 0. The molecule has 2 heteroatoms. The monoisotopic (exact) mass is 791 g/mol. The minimum atomic E-state index is 0.478. The summed E-state index contributed by atoms with van der Waals surface area (Å²) in [5, 5.41) is 0. The lowest BCUT2D eigenvalue weighted by Gasteiger charge is -2.34. The van der Waals surface area contributed by atoms with Crippen molar-refractivity contribution in [2.75, 3.05) is 6.61 Å². The molecule has 0 unspecified atom stereocenters. The summed E-state index contributed by atoms with van der Waals surface area (Å²) < 4.78 is 6.17. The molecule has 0 aromatic rings. The van der Waals surface area contributed by atoms with Crippen LogP contribution in [0.4, 0.5) is 0 Å². The van der Waals surface area contributed by atoms with Crippen LogP contribution in [-0.4, -0.2) is 17.1 Å². The molecule has 332 valence electrons. The van der Waals surface area contributed by atoms with Crippen LogP contribution in [0.3, 0.4) is 0 Å². The van der Waals surface area contributed by atoms with Gasteiger partial charge in [-0.25, -0.2) is 0 Å². The van der Waals surface area contributed by atoms with Gasteiger partial charge in [-0.2, -0.15) is 0 Å². The Kier molecular flexibility index (Phi) is 48.7. The van der Waals surface area contributed by atoms with E-state index in [9.17, 15) is 0 Å². The van der Waals surface area contributed by atoms with Gasteiger partial charge in [-0.1, -0.05) is 310 Å². The fraction of sp³-hybridized carbons (Fsp3) is 1.00. The third kappa shape index (κ3) is 43.6. The molecule has 0 radical (unpaired) electrons. The van der Waals surface area contributed by atoms with Gasteiger partial charge >= 0.3 is 0 Å². The first-order valence-corrected chi connectivity index (χ1v) is 27.5. The van der Waals surface area contributed by atoms with Crippen LogP contribution in [0.2, 0.25) is 0 Å². The molecule has 0 bridgehead atoms. The Morgan fingerprint density at radius 2 is 0.382 bits per heavy atom. The first-order chi connectivity index (χ1) is 27.2. The van der Waals surface area contributed by atoms with Crippen molar-refractivity contribution in [3.05, 3.63) is 0 Å². The van der Waals surface area contributed by atoms with Gasteiger partial charge in [0, 0.05) is 6.61 Å². The minimum absolute atomic E-state index is 0.478. The van der Waals surface area contributed by atoms with Gasteiger partial charge in [-0.15, -0.1) is 0 Å². The summed E-state index contributed by atoms with van der Waals surface area (Å²) in [5.41, 5.74) is 0.478. The van der Waals surface area contributed by atoms with Crippen LogP contribution in [-0.2, 0) is 4.43 Å². The summed E-state index contributed by atoms with van der Waals surface area (Å²) in [4.78, 5) is 0. The van der Waals surface area contributed by atoms with Crippen LogP contribution in [0.25, 0.3) is 0 Å². The van der Waals surface area contributed by atoms with Crippen molar-refractivity contribution in [2.45, 2.75) is 329 Å². The van der Waals surface area contributed by atoms with Gasteiger partial charge < -0.3 is 4.43 Å². The normalized spacial score (nSPS) is 12.1. The first kappa shape index (κ1) is 55.2. The summed E-state index contributed by atoms with van der Waals surface area (Å²) in [6.45, 7) is 8.03. The lowest BCUT2D eigenvalue weighted by atomic mass is 9.74. The highest BCUT2D eigenvalue weighted by atomic mass is 28.2. The molecular formula is C53H110OSi. The second-order valence-electron chi connectivity index (χ2n) is 19.0. The van der Waals surface area contributed by atoms with E-state index in [1.54, 1.807) is 0 Å². The van der Waals surface area contributed by atoms with E-state index in [1.807, 2.05) is 0 Å². The SMILES string of the molecule is CCCCCCCCCCCCCCCCCC(CCCCCCCCCCCCCCCCC)(CCCCCCCCCCCCCCCCC)CO[SiH3]. The third-order valence-electron chi connectivity index (χ3n) is 13.4. The summed E-state index contributed by atoms with van der Waals surface area (Å²) in [7, 11) is 0.904. The van der Waals surface area contributed by atoms with Crippen LogP contribution in [0.5, 0.6) is 0 Å². The smallest absolute Gasteiger partial charge is 0.145 e. The van der Waals surface area contributed by atoms with E-state index >= 15 is 0 Å². The molecule has 1 nitrogen and oxygen atoms in total. The Labute approximate surface area is 354 Å². The van der Waals surface area contributed by atoms with Gasteiger partial charge in [-0.05, 0) is 24.7 Å². The predicted octanol–water partition coefficient (Wildman–Crippen LogP) is 19.1. The van der Waals surface area contributed by atoms with E-state index in [0.29, 0.717) is 5.41 Å². The molecule has 0 aromatic carbocycles. The van der Waals surface area contributed by atoms with Crippen LogP contribution in [0, 0.1) is 5.41 Å². The quantitative estimate of drug-likeness (QED) is 0.0440. The Morgan fingerprint density at radius 3 is 0.527 bits per heavy atom. The van der Waals surface area contributed by atoms with E-state index in [2.05, 4.69) is 20.8 Å². The van der Waals surface area contributed by atoms with Crippen molar-refractivity contribution in [3.8, 4) is 0 Å². The van der Waals surface area contributed by atoms with Crippen molar-refractivity contribution in [3.63, 3.8) is 0 Å². The van der Waals surface area contributed by atoms with Crippen molar-refractivity contribution in [2.24, 2.45) is 5.41 Å². The van der Waals surface area contributed by atoms with Crippen molar-refractivity contribution < 1.29 is 4.43 Å². The van der Waals surface area contributed by atoms with Gasteiger partial charge in [0.05, 0.1) is 0 Å². The molecule has 55 heavy (non-hydrogen) atoms. The van der Waals surface area contributed by atoms with Crippen LogP contribution in [0.15, 0.2) is 0 Å². The fourth-order valence-electron chi connectivity index (χ4n) is 9.51. The van der Waals surface area contributed by atoms with Gasteiger partial charge in [0.1, 0.15) is 10.5 Å². The number of rotatable bonds is 50. The third-order valence-corrected chi connectivity index (χ3v) is 13.7. The van der Waals surface area contributed by atoms with Gasteiger partial charge in [0.2, 0.25) is 0 Å². The van der Waals surface area contributed by atoms with E-state index in [0.717, 1.165) is 17.1 Å². The summed E-state index contributed by atoms with van der Waals surface area (Å²) >= 11 is 0. The average Bonchev–Trinajstić information content (AvgIpc) is 3.19. The second-order valence-corrected chi connectivity index (χ2v) is 19.6. The molecule has 0 saturated heterocycles. The molecule has 0 heterocycles. The van der Waals surface area contributed by atoms with Crippen LogP contribution >= 0.6 is 0 Å².